The highest BCUT2D eigenvalue weighted by Crippen LogP contribution is 2.16. The molecule has 0 fully saturated rings. The second kappa shape index (κ2) is 9.75. The van der Waals surface area contributed by atoms with Crippen molar-refractivity contribution < 1.29 is 9.13 Å². The average Bonchev–Trinajstić information content (AvgIpc) is 2.42. The third-order valence-corrected chi connectivity index (χ3v) is 2.95. The van der Waals surface area contributed by atoms with Crippen molar-refractivity contribution in [3.05, 3.63) is 30.1 Å². The number of anilines is 1. The highest BCUT2D eigenvalue weighted by atomic mass is 19.1. The number of nitrogens with one attached hydrogen (secondary N) is 1. The number of rotatable bonds is 10. The lowest BCUT2D eigenvalue weighted by molar-refractivity contribution is 0.133. The Balaban J connectivity index is 2.08. The molecule has 0 aliphatic carbocycles. The first kappa shape index (κ1) is 15.9. The second-order valence-electron chi connectivity index (χ2n) is 4.59. The predicted molar refractivity (Wildman–Crippen MR) is 78.3 cm³/mol. The van der Waals surface area contributed by atoms with Gasteiger partial charge in [-0.3, -0.25) is 0 Å². The SMILES string of the molecule is CCCCOCCNCCN(C)c1ccccc1F. The van der Waals surface area contributed by atoms with Crippen molar-refractivity contribution in [1.29, 1.82) is 0 Å². The van der Waals surface area contributed by atoms with Gasteiger partial charge in [-0.1, -0.05) is 25.5 Å². The maximum atomic E-state index is 13.5. The van der Waals surface area contributed by atoms with E-state index < -0.39 is 0 Å². The molecule has 3 nitrogen and oxygen atoms in total. The standard InChI is InChI=1S/C15H25FN2O/c1-3-4-12-19-13-10-17-9-11-18(2)15-8-6-5-7-14(15)16/h5-8,17H,3-4,9-13H2,1-2H3. The van der Waals surface area contributed by atoms with Gasteiger partial charge in [0, 0.05) is 33.3 Å². The molecule has 0 amide bonds. The Kier molecular flexibility index (Phi) is 8.18. The molecule has 0 atom stereocenters. The number of benzene rings is 1. The molecule has 1 rings (SSSR count). The molecule has 1 N–H and O–H groups in total. The number of nitrogens with zero attached hydrogens (tertiary/aromatic N) is 1. The zero-order chi connectivity index (χ0) is 13.9. The van der Waals surface area contributed by atoms with Crippen molar-refractivity contribution in [2.45, 2.75) is 19.8 Å². The molecule has 0 radical (unpaired) electrons. The van der Waals surface area contributed by atoms with Gasteiger partial charge in [-0.2, -0.15) is 0 Å². The Morgan fingerprint density at radius 1 is 1.21 bits per heavy atom. The quantitative estimate of drug-likeness (QED) is 0.660. The highest BCUT2D eigenvalue weighted by molar-refractivity contribution is 5.46. The predicted octanol–water partition coefficient (Wildman–Crippen LogP) is 2.67. The summed E-state index contributed by atoms with van der Waals surface area (Å²) in [4.78, 5) is 1.92. The first-order chi connectivity index (χ1) is 9.25. The lowest BCUT2D eigenvalue weighted by atomic mass is 10.3. The molecule has 0 aromatic heterocycles. The van der Waals surface area contributed by atoms with Gasteiger partial charge in [-0.05, 0) is 18.6 Å². The van der Waals surface area contributed by atoms with E-state index in [9.17, 15) is 4.39 Å². The van der Waals surface area contributed by atoms with Crippen molar-refractivity contribution in [3.63, 3.8) is 0 Å². The van der Waals surface area contributed by atoms with Crippen LogP contribution in [0.15, 0.2) is 24.3 Å². The minimum absolute atomic E-state index is 0.173. The van der Waals surface area contributed by atoms with E-state index in [-0.39, 0.29) is 5.82 Å². The Morgan fingerprint density at radius 2 is 2.00 bits per heavy atom. The molecule has 0 saturated heterocycles. The average molecular weight is 268 g/mol. The summed E-state index contributed by atoms with van der Waals surface area (Å²) < 4.78 is 19.0. The van der Waals surface area contributed by atoms with Crippen LogP contribution in [-0.4, -0.2) is 39.9 Å². The van der Waals surface area contributed by atoms with Crippen LogP contribution < -0.4 is 10.2 Å². The molecule has 0 saturated carbocycles. The van der Waals surface area contributed by atoms with Crippen LogP contribution in [0.5, 0.6) is 0 Å². The van der Waals surface area contributed by atoms with Crippen molar-refractivity contribution >= 4 is 5.69 Å². The van der Waals surface area contributed by atoms with Gasteiger partial charge in [0.15, 0.2) is 0 Å². The van der Waals surface area contributed by atoms with Crippen LogP contribution in [0.3, 0.4) is 0 Å². The lowest BCUT2D eigenvalue weighted by Gasteiger charge is -2.20. The van der Waals surface area contributed by atoms with Gasteiger partial charge >= 0.3 is 0 Å². The first-order valence-electron chi connectivity index (χ1n) is 6.99. The normalized spacial score (nSPS) is 10.7. The molecule has 0 unspecified atom stereocenters. The van der Waals surface area contributed by atoms with Gasteiger partial charge in [0.05, 0.1) is 12.3 Å². The second-order valence-corrected chi connectivity index (χ2v) is 4.59. The van der Waals surface area contributed by atoms with Gasteiger partial charge in [0.1, 0.15) is 5.82 Å². The van der Waals surface area contributed by atoms with E-state index in [1.165, 1.54) is 12.5 Å². The van der Waals surface area contributed by atoms with E-state index in [2.05, 4.69) is 12.2 Å². The molecule has 0 aliphatic rings. The molecular formula is C15H25FN2O. The maximum Gasteiger partial charge on any atom is 0.146 e. The van der Waals surface area contributed by atoms with E-state index in [4.69, 9.17) is 4.74 Å². The van der Waals surface area contributed by atoms with E-state index in [0.717, 1.165) is 39.3 Å². The van der Waals surface area contributed by atoms with E-state index in [1.54, 1.807) is 12.1 Å². The fourth-order valence-electron chi connectivity index (χ4n) is 1.75. The van der Waals surface area contributed by atoms with Gasteiger partial charge in [-0.25, -0.2) is 4.39 Å². The Labute approximate surface area is 115 Å². The summed E-state index contributed by atoms with van der Waals surface area (Å²) in [5.74, 6) is -0.173. The summed E-state index contributed by atoms with van der Waals surface area (Å²) in [5.41, 5.74) is 0.642. The molecule has 19 heavy (non-hydrogen) atoms. The van der Waals surface area contributed by atoms with Crippen molar-refractivity contribution in [1.82, 2.24) is 5.32 Å². The molecule has 4 heteroatoms. The third-order valence-electron chi connectivity index (χ3n) is 2.95. The monoisotopic (exact) mass is 268 g/mol. The minimum Gasteiger partial charge on any atom is -0.380 e. The molecule has 1 aromatic carbocycles. The third kappa shape index (κ3) is 6.55. The molecule has 0 bridgehead atoms. The van der Waals surface area contributed by atoms with Crippen LogP contribution in [0.1, 0.15) is 19.8 Å². The number of ether oxygens (including phenoxy) is 1. The Morgan fingerprint density at radius 3 is 2.74 bits per heavy atom. The van der Waals surface area contributed by atoms with Crippen molar-refractivity contribution in [2.24, 2.45) is 0 Å². The molecule has 0 spiro atoms. The molecule has 0 heterocycles. The van der Waals surface area contributed by atoms with E-state index in [1.807, 2.05) is 18.0 Å². The van der Waals surface area contributed by atoms with Crippen LogP contribution in [0.4, 0.5) is 10.1 Å². The van der Waals surface area contributed by atoms with Crippen LogP contribution in [-0.2, 0) is 4.74 Å². The fraction of sp³-hybridized carbons (Fsp3) is 0.600. The number of hydrogen-bond acceptors (Lipinski definition) is 3. The van der Waals surface area contributed by atoms with Gasteiger partial charge in [-0.15, -0.1) is 0 Å². The summed E-state index contributed by atoms with van der Waals surface area (Å²) in [5, 5.41) is 3.29. The van der Waals surface area contributed by atoms with Crippen LogP contribution in [0.2, 0.25) is 0 Å². The summed E-state index contributed by atoms with van der Waals surface area (Å²) in [7, 11) is 1.90. The van der Waals surface area contributed by atoms with Crippen molar-refractivity contribution in [2.75, 3.05) is 44.8 Å². The summed E-state index contributed by atoms with van der Waals surface area (Å²) >= 11 is 0. The zero-order valence-electron chi connectivity index (χ0n) is 12.0. The number of unbranched alkanes of at least 4 members (excludes halogenated alkanes) is 1. The number of hydrogen-bond donors (Lipinski definition) is 1. The highest BCUT2D eigenvalue weighted by Gasteiger charge is 2.05. The maximum absolute atomic E-state index is 13.5. The lowest BCUT2D eigenvalue weighted by Crippen LogP contribution is -2.31. The van der Waals surface area contributed by atoms with Crippen LogP contribution in [0, 0.1) is 5.82 Å². The molecule has 1 aromatic rings. The smallest absolute Gasteiger partial charge is 0.146 e. The summed E-state index contributed by atoms with van der Waals surface area (Å²) in [6.45, 7) is 6.17. The Bertz CT molecular complexity index is 347. The molecule has 0 aliphatic heterocycles. The zero-order valence-corrected chi connectivity index (χ0v) is 12.0. The molecule has 108 valence electrons. The number of halogens is 1. The number of para-hydroxylation sites is 1. The van der Waals surface area contributed by atoms with Gasteiger partial charge in [0.25, 0.3) is 0 Å². The van der Waals surface area contributed by atoms with Gasteiger partial charge < -0.3 is 15.0 Å². The van der Waals surface area contributed by atoms with Crippen LogP contribution in [0.25, 0.3) is 0 Å². The molecular weight excluding hydrogens is 243 g/mol. The van der Waals surface area contributed by atoms with E-state index >= 15 is 0 Å². The Hall–Kier alpha value is -1.13. The first-order valence-corrected chi connectivity index (χ1v) is 6.99. The van der Waals surface area contributed by atoms with Gasteiger partial charge in [0.2, 0.25) is 0 Å². The van der Waals surface area contributed by atoms with Crippen LogP contribution >= 0.6 is 0 Å². The largest absolute Gasteiger partial charge is 0.380 e. The summed E-state index contributed by atoms with van der Waals surface area (Å²) in [6.07, 6.45) is 2.29. The summed E-state index contributed by atoms with van der Waals surface area (Å²) in [6, 6.07) is 6.84. The fourth-order valence-corrected chi connectivity index (χ4v) is 1.75. The topological polar surface area (TPSA) is 24.5 Å². The minimum atomic E-state index is -0.173. The van der Waals surface area contributed by atoms with Crippen molar-refractivity contribution in [3.8, 4) is 0 Å². The number of likely N-dealkylation sites (N-methyl/N-ethyl adjacent to an activating group) is 1. The van der Waals surface area contributed by atoms with E-state index in [0.29, 0.717) is 5.69 Å².